The summed E-state index contributed by atoms with van der Waals surface area (Å²) in [6.07, 6.45) is 13.8. The summed E-state index contributed by atoms with van der Waals surface area (Å²) in [6, 6.07) is 0.551. The Hall–Kier alpha value is -1.24. The normalized spacial score (nSPS) is 43.6. The molecule has 98 valence electrons. The SMILES string of the molecule is CC1C[C@H]2[C@H]3CC4=[C+]C=CC=C4[C@@]2(CCN3)CC1=O. The van der Waals surface area contributed by atoms with Gasteiger partial charge in [0.25, 0.3) is 0 Å². The minimum Gasteiger partial charge on any atom is -0.313 e. The lowest BCUT2D eigenvalue weighted by molar-refractivity contribution is -0.131. The summed E-state index contributed by atoms with van der Waals surface area (Å²) >= 11 is 0. The van der Waals surface area contributed by atoms with Gasteiger partial charge in [0.05, 0.1) is 17.1 Å². The van der Waals surface area contributed by atoms with Gasteiger partial charge in [-0.25, -0.2) is 0 Å². The van der Waals surface area contributed by atoms with E-state index in [0.717, 1.165) is 32.2 Å². The van der Waals surface area contributed by atoms with Crippen molar-refractivity contribution in [2.45, 2.75) is 38.6 Å². The van der Waals surface area contributed by atoms with Crippen molar-refractivity contribution < 1.29 is 4.79 Å². The molecule has 1 heterocycles. The van der Waals surface area contributed by atoms with Crippen molar-refractivity contribution in [3.63, 3.8) is 0 Å². The Kier molecular flexibility index (Phi) is 2.36. The van der Waals surface area contributed by atoms with Gasteiger partial charge in [0.1, 0.15) is 17.4 Å². The fourth-order valence-electron chi connectivity index (χ4n) is 4.77. The zero-order valence-electron chi connectivity index (χ0n) is 11.4. The van der Waals surface area contributed by atoms with Crippen molar-refractivity contribution in [3.05, 3.63) is 35.5 Å². The van der Waals surface area contributed by atoms with Crippen LogP contribution in [0.3, 0.4) is 0 Å². The van der Waals surface area contributed by atoms with Gasteiger partial charge in [-0.1, -0.05) is 6.92 Å². The van der Waals surface area contributed by atoms with Gasteiger partial charge in [-0.05, 0) is 25.3 Å². The van der Waals surface area contributed by atoms with E-state index in [1.165, 1.54) is 11.1 Å². The molecule has 2 bridgehead atoms. The molecule has 0 aromatic rings. The van der Waals surface area contributed by atoms with Crippen LogP contribution in [0.15, 0.2) is 29.4 Å². The third-order valence-electron chi connectivity index (χ3n) is 5.72. The molecule has 4 rings (SSSR count). The summed E-state index contributed by atoms with van der Waals surface area (Å²) in [7, 11) is 0. The summed E-state index contributed by atoms with van der Waals surface area (Å²) < 4.78 is 0. The number of hydrogen-bond donors (Lipinski definition) is 1. The Morgan fingerprint density at radius 2 is 2.37 bits per heavy atom. The van der Waals surface area contributed by atoms with Gasteiger partial charge in [0.2, 0.25) is 0 Å². The van der Waals surface area contributed by atoms with Gasteiger partial charge in [0, 0.05) is 37.0 Å². The Morgan fingerprint density at radius 3 is 3.26 bits per heavy atom. The van der Waals surface area contributed by atoms with E-state index in [4.69, 9.17) is 0 Å². The summed E-state index contributed by atoms with van der Waals surface area (Å²) in [4.78, 5) is 12.3. The van der Waals surface area contributed by atoms with Crippen LogP contribution in [0.25, 0.3) is 0 Å². The Morgan fingerprint density at radius 1 is 1.47 bits per heavy atom. The van der Waals surface area contributed by atoms with Crippen molar-refractivity contribution in [1.29, 1.82) is 0 Å². The number of allylic oxidation sites excluding steroid dienone is 5. The number of nitrogens with one attached hydrogen (secondary N) is 1. The first-order valence-electron chi connectivity index (χ1n) is 7.47. The lowest BCUT2D eigenvalue weighted by Gasteiger charge is -2.54. The summed E-state index contributed by atoms with van der Waals surface area (Å²) in [5.74, 6) is 1.35. The van der Waals surface area contributed by atoms with Gasteiger partial charge < -0.3 is 5.32 Å². The van der Waals surface area contributed by atoms with Crippen LogP contribution in [0.4, 0.5) is 0 Å². The Balaban J connectivity index is 1.85. The van der Waals surface area contributed by atoms with Crippen LogP contribution in [0.5, 0.6) is 0 Å². The van der Waals surface area contributed by atoms with E-state index >= 15 is 0 Å². The number of carbonyl (C=O) groups excluding carboxylic acids is 1. The summed E-state index contributed by atoms with van der Waals surface area (Å²) in [6.45, 7) is 3.16. The first-order chi connectivity index (χ1) is 9.21. The molecule has 4 atom stereocenters. The largest absolute Gasteiger partial charge is 0.313 e. The molecule has 0 spiro atoms. The standard InChI is InChI=1S/C17H20NO/c1-11-8-14-15-9-12-4-2-3-5-13(12)17(14,6-7-18-15)10-16(11)19/h2-3,5,11,14-15,18H,6-10H2,1H3/q+1/t11?,14-,15+,17+/m0/s1. The summed E-state index contributed by atoms with van der Waals surface area (Å²) in [5, 5.41) is 3.69. The van der Waals surface area contributed by atoms with Gasteiger partial charge in [-0.3, -0.25) is 4.79 Å². The van der Waals surface area contributed by atoms with Crippen LogP contribution in [-0.4, -0.2) is 18.4 Å². The van der Waals surface area contributed by atoms with E-state index in [0.29, 0.717) is 17.7 Å². The van der Waals surface area contributed by atoms with Crippen LogP contribution in [0.1, 0.15) is 32.6 Å². The topological polar surface area (TPSA) is 29.1 Å². The molecule has 2 saturated carbocycles. The van der Waals surface area contributed by atoms with E-state index in [-0.39, 0.29) is 11.3 Å². The first-order valence-corrected chi connectivity index (χ1v) is 7.47. The second kappa shape index (κ2) is 3.88. The molecule has 1 aliphatic heterocycles. The molecule has 0 radical (unpaired) electrons. The fraction of sp³-hybridized carbons (Fsp3) is 0.588. The quantitative estimate of drug-likeness (QED) is 0.673. The van der Waals surface area contributed by atoms with Crippen LogP contribution in [0, 0.1) is 23.3 Å². The van der Waals surface area contributed by atoms with Crippen molar-refractivity contribution in [2.75, 3.05) is 6.54 Å². The Bertz CT molecular complexity index is 527. The molecule has 2 nitrogen and oxygen atoms in total. The second-order valence-corrected chi connectivity index (χ2v) is 6.62. The lowest BCUT2D eigenvalue weighted by atomic mass is 9.49. The molecule has 0 aromatic carbocycles. The maximum atomic E-state index is 12.3. The molecule has 2 heteroatoms. The zero-order valence-corrected chi connectivity index (χ0v) is 11.4. The molecule has 1 N–H and O–H groups in total. The molecule has 0 aromatic heterocycles. The first kappa shape index (κ1) is 11.6. The van der Waals surface area contributed by atoms with E-state index in [9.17, 15) is 4.79 Å². The maximum absolute atomic E-state index is 12.3. The number of hydrogen-bond acceptors (Lipinski definition) is 2. The van der Waals surface area contributed by atoms with Crippen molar-refractivity contribution in [1.82, 2.24) is 5.32 Å². The fourth-order valence-corrected chi connectivity index (χ4v) is 4.77. The van der Waals surface area contributed by atoms with Gasteiger partial charge in [-0.2, -0.15) is 0 Å². The van der Waals surface area contributed by atoms with E-state index < -0.39 is 0 Å². The molecule has 3 aliphatic carbocycles. The van der Waals surface area contributed by atoms with Crippen molar-refractivity contribution in [3.8, 4) is 0 Å². The number of carbonyl (C=O) groups is 1. The van der Waals surface area contributed by atoms with Gasteiger partial charge in [0.15, 0.2) is 0 Å². The highest BCUT2D eigenvalue weighted by Crippen LogP contribution is 2.58. The number of Topliss-reactive ketones (excluding diaryl/α,β-unsaturated/α-hetero) is 1. The van der Waals surface area contributed by atoms with Gasteiger partial charge >= 0.3 is 0 Å². The minimum atomic E-state index is 0.116. The third-order valence-corrected chi connectivity index (χ3v) is 5.72. The molecule has 1 saturated heterocycles. The lowest BCUT2D eigenvalue weighted by Crippen LogP contribution is -2.59. The minimum absolute atomic E-state index is 0.116. The third kappa shape index (κ3) is 1.47. The number of piperidine rings is 1. The molecule has 3 fully saturated rings. The Labute approximate surface area is 114 Å². The summed E-state index contributed by atoms with van der Waals surface area (Å²) in [5.41, 5.74) is 2.89. The second-order valence-electron chi connectivity index (χ2n) is 6.62. The molecule has 1 unspecified atom stereocenters. The van der Waals surface area contributed by atoms with Crippen LogP contribution in [0.2, 0.25) is 0 Å². The molecule has 0 amide bonds. The number of ketones is 1. The van der Waals surface area contributed by atoms with E-state index in [2.05, 4.69) is 30.5 Å². The van der Waals surface area contributed by atoms with Crippen LogP contribution >= 0.6 is 0 Å². The highest BCUT2D eigenvalue weighted by atomic mass is 16.1. The number of fused-ring (bicyclic) bond motifs is 1. The molecular formula is C17H20NO+. The highest BCUT2D eigenvalue weighted by Gasteiger charge is 2.59. The highest BCUT2D eigenvalue weighted by molar-refractivity contribution is 5.83. The van der Waals surface area contributed by atoms with E-state index in [1.807, 2.05) is 6.08 Å². The monoisotopic (exact) mass is 254 g/mol. The average Bonchev–Trinajstić information content (AvgIpc) is 2.40. The molecule has 4 aliphatic rings. The van der Waals surface area contributed by atoms with Crippen LogP contribution < -0.4 is 5.32 Å². The molecule has 19 heavy (non-hydrogen) atoms. The predicted molar refractivity (Wildman–Crippen MR) is 74.3 cm³/mol. The predicted octanol–water partition coefficient (Wildman–Crippen LogP) is 2.58. The smallest absolute Gasteiger partial charge is 0.137 e. The average molecular weight is 254 g/mol. The van der Waals surface area contributed by atoms with E-state index in [1.54, 1.807) is 0 Å². The zero-order chi connectivity index (χ0) is 13.0. The van der Waals surface area contributed by atoms with Gasteiger partial charge in [-0.15, -0.1) is 0 Å². The van der Waals surface area contributed by atoms with Crippen molar-refractivity contribution >= 4 is 5.78 Å². The van der Waals surface area contributed by atoms with Crippen molar-refractivity contribution in [2.24, 2.45) is 17.3 Å². The number of rotatable bonds is 0. The molecular weight excluding hydrogens is 234 g/mol. The maximum Gasteiger partial charge on any atom is 0.137 e. The van der Waals surface area contributed by atoms with Crippen LogP contribution in [-0.2, 0) is 4.79 Å².